The fraction of sp³-hybridized carbons (Fsp3) is 0.857. The van der Waals surface area contributed by atoms with E-state index in [4.69, 9.17) is 9.47 Å². The molecule has 3 fully saturated rings. The average Bonchev–Trinajstić information content (AvgIpc) is 3.20. The van der Waals surface area contributed by atoms with E-state index >= 15 is 0 Å². The van der Waals surface area contributed by atoms with Gasteiger partial charge < -0.3 is 14.0 Å². The van der Waals surface area contributed by atoms with Crippen LogP contribution in [0.3, 0.4) is 0 Å². The van der Waals surface area contributed by atoms with Crippen LogP contribution in [0, 0.1) is 5.92 Å². The maximum atomic E-state index is 12.6. The van der Waals surface area contributed by atoms with Crippen LogP contribution in [0.4, 0.5) is 0 Å². The second kappa shape index (κ2) is 5.80. The summed E-state index contributed by atoms with van der Waals surface area (Å²) in [5, 5.41) is 7.44. The lowest BCUT2D eigenvalue weighted by molar-refractivity contribution is -0.0512. The molecule has 2 atom stereocenters. The van der Waals surface area contributed by atoms with Crippen molar-refractivity contribution in [1.29, 1.82) is 0 Å². The predicted molar refractivity (Wildman–Crippen MR) is 81.1 cm³/mol. The molecule has 2 saturated heterocycles. The summed E-state index contributed by atoms with van der Waals surface area (Å²) in [5.74, 6) is 0.318. The highest BCUT2D eigenvalue weighted by molar-refractivity contribution is 7.90. The lowest BCUT2D eigenvalue weighted by atomic mass is 9.94. The Hall–Kier alpha value is -1.03. The number of hydrogen-bond donors (Lipinski definition) is 0. The van der Waals surface area contributed by atoms with Crippen molar-refractivity contribution < 1.29 is 17.9 Å². The molecule has 1 aromatic rings. The highest BCUT2D eigenvalue weighted by Gasteiger charge is 2.48. The van der Waals surface area contributed by atoms with Crippen LogP contribution >= 0.6 is 0 Å². The van der Waals surface area contributed by atoms with Crippen LogP contribution in [0.25, 0.3) is 0 Å². The molecular weight excluding hydrogens is 320 g/mol. The van der Waals surface area contributed by atoms with E-state index in [-0.39, 0.29) is 5.25 Å². The van der Waals surface area contributed by atoms with E-state index < -0.39 is 15.6 Å². The molecule has 4 rings (SSSR count). The van der Waals surface area contributed by atoms with Crippen molar-refractivity contribution >= 4 is 10.0 Å². The van der Waals surface area contributed by atoms with Gasteiger partial charge in [-0.15, -0.1) is 10.2 Å². The SMILES string of the molecule is O=S(=O)(C1CC1)N1CCOC[C@]2(C[C@H](Cn3cnnc3)CO2)C1. The average molecular weight is 342 g/mol. The smallest absolute Gasteiger partial charge is 0.217 e. The number of hydrogen-bond acceptors (Lipinski definition) is 6. The summed E-state index contributed by atoms with van der Waals surface area (Å²) >= 11 is 0. The van der Waals surface area contributed by atoms with E-state index in [0.29, 0.717) is 38.8 Å². The monoisotopic (exact) mass is 342 g/mol. The molecular formula is C14H22N4O4S. The summed E-state index contributed by atoms with van der Waals surface area (Å²) in [6, 6.07) is 0. The lowest BCUT2D eigenvalue weighted by Crippen LogP contribution is -2.47. The highest BCUT2D eigenvalue weighted by Crippen LogP contribution is 2.37. The Labute approximate surface area is 135 Å². The van der Waals surface area contributed by atoms with Crippen LogP contribution in [0.1, 0.15) is 19.3 Å². The number of ether oxygens (including phenoxy) is 2. The molecule has 0 unspecified atom stereocenters. The molecule has 0 N–H and O–H groups in total. The fourth-order valence-corrected chi connectivity index (χ4v) is 5.44. The Balaban J connectivity index is 1.46. The second-order valence-electron chi connectivity index (χ2n) is 6.85. The van der Waals surface area contributed by atoms with Crippen LogP contribution in [0.15, 0.2) is 12.7 Å². The van der Waals surface area contributed by atoms with Crippen LogP contribution in [-0.2, 0) is 26.0 Å². The molecule has 3 heterocycles. The molecule has 9 heteroatoms. The summed E-state index contributed by atoms with van der Waals surface area (Å²) in [5.41, 5.74) is -0.517. The third kappa shape index (κ3) is 3.15. The topological polar surface area (TPSA) is 86.6 Å². The Bertz CT molecular complexity index is 646. The first-order valence-corrected chi connectivity index (χ1v) is 9.61. The quantitative estimate of drug-likeness (QED) is 0.758. The maximum Gasteiger partial charge on any atom is 0.217 e. The van der Waals surface area contributed by atoms with Gasteiger partial charge >= 0.3 is 0 Å². The molecule has 2 aliphatic heterocycles. The van der Waals surface area contributed by atoms with E-state index in [1.807, 2.05) is 4.57 Å². The molecule has 1 saturated carbocycles. The summed E-state index contributed by atoms with van der Waals surface area (Å²) in [6.45, 7) is 3.13. The van der Waals surface area contributed by atoms with Crippen molar-refractivity contribution in [2.75, 3.05) is 32.9 Å². The number of nitrogens with zero attached hydrogens (tertiary/aromatic N) is 4. The van der Waals surface area contributed by atoms with Crippen molar-refractivity contribution in [2.24, 2.45) is 5.92 Å². The largest absolute Gasteiger partial charge is 0.377 e. The Morgan fingerprint density at radius 3 is 2.78 bits per heavy atom. The summed E-state index contributed by atoms with van der Waals surface area (Å²) in [6.07, 6.45) is 5.74. The van der Waals surface area contributed by atoms with E-state index in [1.165, 1.54) is 0 Å². The van der Waals surface area contributed by atoms with Gasteiger partial charge in [0.1, 0.15) is 18.3 Å². The lowest BCUT2D eigenvalue weighted by Gasteiger charge is -2.30. The third-order valence-corrected chi connectivity index (χ3v) is 7.19. The normalized spacial score (nSPS) is 33.1. The van der Waals surface area contributed by atoms with Gasteiger partial charge in [-0.2, -0.15) is 4.31 Å². The zero-order valence-corrected chi connectivity index (χ0v) is 13.8. The third-order valence-electron chi connectivity index (χ3n) is 4.84. The van der Waals surface area contributed by atoms with Crippen molar-refractivity contribution in [3.05, 3.63) is 12.7 Å². The van der Waals surface area contributed by atoms with Crippen LogP contribution in [0.5, 0.6) is 0 Å². The van der Waals surface area contributed by atoms with Crippen molar-refractivity contribution in [1.82, 2.24) is 19.1 Å². The molecule has 0 bridgehead atoms. The van der Waals surface area contributed by atoms with Crippen LogP contribution < -0.4 is 0 Å². The zero-order chi connectivity index (χ0) is 15.9. The van der Waals surface area contributed by atoms with Gasteiger partial charge in [-0.05, 0) is 19.3 Å². The van der Waals surface area contributed by atoms with Gasteiger partial charge in [-0.3, -0.25) is 0 Å². The van der Waals surface area contributed by atoms with Crippen molar-refractivity contribution in [3.8, 4) is 0 Å². The first kappa shape index (κ1) is 15.5. The van der Waals surface area contributed by atoms with Gasteiger partial charge in [0.15, 0.2) is 0 Å². The molecule has 1 aromatic heterocycles. The Kier molecular flexibility index (Phi) is 3.91. The molecule has 128 valence electrons. The molecule has 1 spiro atoms. The Morgan fingerprint density at radius 1 is 1.26 bits per heavy atom. The fourth-order valence-electron chi connectivity index (χ4n) is 3.55. The molecule has 0 amide bonds. The number of sulfonamides is 1. The van der Waals surface area contributed by atoms with Gasteiger partial charge in [-0.1, -0.05) is 0 Å². The molecule has 0 aromatic carbocycles. The van der Waals surface area contributed by atoms with Gasteiger partial charge in [0.25, 0.3) is 0 Å². The van der Waals surface area contributed by atoms with Crippen LogP contribution in [0.2, 0.25) is 0 Å². The molecule has 0 radical (unpaired) electrons. The van der Waals surface area contributed by atoms with E-state index in [0.717, 1.165) is 25.8 Å². The number of aromatic nitrogens is 3. The predicted octanol–water partition coefficient (Wildman–Crippen LogP) is -0.122. The summed E-state index contributed by atoms with van der Waals surface area (Å²) in [4.78, 5) is 0. The van der Waals surface area contributed by atoms with E-state index in [1.54, 1.807) is 17.0 Å². The van der Waals surface area contributed by atoms with Crippen molar-refractivity contribution in [2.45, 2.75) is 36.7 Å². The minimum atomic E-state index is -3.19. The molecule has 23 heavy (non-hydrogen) atoms. The van der Waals surface area contributed by atoms with Gasteiger partial charge in [0.2, 0.25) is 10.0 Å². The van der Waals surface area contributed by atoms with Gasteiger partial charge in [0, 0.05) is 25.6 Å². The van der Waals surface area contributed by atoms with E-state index in [2.05, 4.69) is 10.2 Å². The zero-order valence-electron chi connectivity index (χ0n) is 13.0. The minimum absolute atomic E-state index is 0.188. The van der Waals surface area contributed by atoms with Crippen LogP contribution in [-0.4, -0.2) is 71.2 Å². The maximum absolute atomic E-state index is 12.6. The highest BCUT2D eigenvalue weighted by atomic mass is 32.2. The van der Waals surface area contributed by atoms with E-state index in [9.17, 15) is 8.42 Å². The first-order valence-electron chi connectivity index (χ1n) is 8.11. The molecule has 8 nitrogen and oxygen atoms in total. The Morgan fingerprint density at radius 2 is 2.04 bits per heavy atom. The summed E-state index contributed by atoms with van der Waals surface area (Å²) in [7, 11) is -3.19. The first-order chi connectivity index (χ1) is 11.1. The molecule has 3 aliphatic rings. The second-order valence-corrected chi connectivity index (χ2v) is 9.07. The van der Waals surface area contributed by atoms with Crippen molar-refractivity contribution in [3.63, 3.8) is 0 Å². The van der Waals surface area contributed by atoms with Gasteiger partial charge in [-0.25, -0.2) is 8.42 Å². The molecule has 1 aliphatic carbocycles. The number of rotatable bonds is 4. The minimum Gasteiger partial charge on any atom is -0.377 e. The standard InChI is InChI=1S/C14H22N4O4S/c19-23(20,13-1-2-13)18-3-4-21-9-14(8-18)5-12(7-22-14)6-17-10-15-16-11-17/h10-13H,1-9H2/t12-,14+/m1/s1. The summed E-state index contributed by atoms with van der Waals surface area (Å²) < 4.78 is 40.4. The van der Waals surface area contributed by atoms with Gasteiger partial charge in [0.05, 0.1) is 25.1 Å².